The molecule has 0 aromatic carbocycles. The quantitative estimate of drug-likeness (QED) is 0.614. The van der Waals surface area contributed by atoms with Crippen molar-refractivity contribution in [3.63, 3.8) is 0 Å². The van der Waals surface area contributed by atoms with Gasteiger partial charge in [0.1, 0.15) is 0 Å². The molecule has 1 heterocycles. The molecule has 4 nitrogen and oxygen atoms in total. The van der Waals surface area contributed by atoms with Gasteiger partial charge in [-0.25, -0.2) is 9.78 Å². The van der Waals surface area contributed by atoms with Crippen molar-refractivity contribution >= 4 is 0 Å². The summed E-state index contributed by atoms with van der Waals surface area (Å²) in [5.41, 5.74) is 1.93. The number of aromatic amines is 1. The third kappa shape index (κ3) is 1.04. The van der Waals surface area contributed by atoms with Crippen molar-refractivity contribution in [2.24, 2.45) is 0 Å². The van der Waals surface area contributed by atoms with E-state index in [4.69, 9.17) is 0 Å². The highest BCUT2D eigenvalue weighted by Gasteiger charge is 2.21. The van der Waals surface area contributed by atoms with Crippen molar-refractivity contribution < 1.29 is 0 Å². The van der Waals surface area contributed by atoms with Crippen LogP contribution >= 0.6 is 0 Å². The lowest BCUT2D eigenvalue weighted by Crippen LogP contribution is -2.16. The minimum Gasteiger partial charge on any atom is -0.313 e. The second kappa shape index (κ2) is 2.71. The van der Waals surface area contributed by atoms with E-state index in [1.54, 1.807) is 6.20 Å². The van der Waals surface area contributed by atoms with E-state index in [1.807, 2.05) is 7.05 Å². The predicted octanol–water partition coefficient (Wildman–Crippen LogP) is -0.0234. The summed E-state index contributed by atoms with van der Waals surface area (Å²) in [6, 6.07) is 0.365. The van der Waals surface area contributed by atoms with E-state index in [2.05, 4.69) is 15.3 Å². The SMILES string of the molecule is CNC1CCc2[nH]c(=O)ncc21. The maximum Gasteiger partial charge on any atom is 0.345 e. The summed E-state index contributed by atoms with van der Waals surface area (Å²) in [6.45, 7) is 0. The van der Waals surface area contributed by atoms with Gasteiger partial charge in [0.25, 0.3) is 0 Å². The molecule has 0 bridgehead atoms. The normalized spacial score (nSPS) is 20.9. The summed E-state index contributed by atoms with van der Waals surface area (Å²) in [4.78, 5) is 17.3. The zero-order valence-electron chi connectivity index (χ0n) is 6.92. The van der Waals surface area contributed by atoms with Gasteiger partial charge in [0.2, 0.25) is 0 Å². The monoisotopic (exact) mass is 165 g/mol. The molecule has 12 heavy (non-hydrogen) atoms. The van der Waals surface area contributed by atoms with Crippen molar-refractivity contribution in [2.45, 2.75) is 18.9 Å². The molecule has 1 unspecified atom stereocenters. The molecule has 0 saturated carbocycles. The van der Waals surface area contributed by atoms with Crippen LogP contribution in [0.4, 0.5) is 0 Å². The molecule has 2 rings (SSSR count). The lowest BCUT2D eigenvalue weighted by molar-refractivity contribution is 0.589. The van der Waals surface area contributed by atoms with Crippen molar-refractivity contribution in [3.8, 4) is 0 Å². The lowest BCUT2D eigenvalue weighted by atomic mass is 10.2. The fourth-order valence-corrected chi connectivity index (χ4v) is 1.69. The van der Waals surface area contributed by atoms with Crippen LogP contribution in [0.3, 0.4) is 0 Å². The van der Waals surface area contributed by atoms with E-state index in [0.717, 1.165) is 24.1 Å². The van der Waals surface area contributed by atoms with E-state index >= 15 is 0 Å². The Kier molecular flexibility index (Phi) is 1.69. The number of aromatic nitrogens is 2. The fraction of sp³-hybridized carbons (Fsp3) is 0.500. The molecule has 1 aliphatic carbocycles. The smallest absolute Gasteiger partial charge is 0.313 e. The molecular weight excluding hydrogens is 154 g/mol. The lowest BCUT2D eigenvalue weighted by Gasteiger charge is -2.07. The molecule has 2 N–H and O–H groups in total. The average molecular weight is 165 g/mol. The Labute approximate surface area is 70.0 Å². The average Bonchev–Trinajstić information content (AvgIpc) is 2.46. The molecule has 1 aromatic rings. The van der Waals surface area contributed by atoms with Crippen LogP contribution in [-0.4, -0.2) is 17.0 Å². The van der Waals surface area contributed by atoms with Crippen LogP contribution in [0.25, 0.3) is 0 Å². The first-order chi connectivity index (χ1) is 5.81. The van der Waals surface area contributed by atoms with Gasteiger partial charge in [-0.3, -0.25) is 0 Å². The molecule has 0 spiro atoms. The molecule has 1 atom stereocenters. The van der Waals surface area contributed by atoms with Gasteiger partial charge in [-0.05, 0) is 19.9 Å². The van der Waals surface area contributed by atoms with Gasteiger partial charge in [0.05, 0.1) is 0 Å². The molecule has 0 radical (unpaired) electrons. The Morgan fingerprint density at radius 3 is 3.33 bits per heavy atom. The number of H-pyrrole nitrogens is 1. The molecule has 0 fully saturated rings. The number of hydrogen-bond acceptors (Lipinski definition) is 3. The molecule has 64 valence electrons. The molecule has 1 aliphatic rings. The van der Waals surface area contributed by atoms with E-state index in [0.29, 0.717) is 6.04 Å². The molecule has 4 heteroatoms. The maximum absolute atomic E-state index is 10.8. The highest BCUT2D eigenvalue weighted by atomic mass is 16.1. The minimum atomic E-state index is -0.245. The zero-order valence-corrected chi connectivity index (χ0v) is 6.92. The Morgan fingerprint density at radius 2 is 2.58 bits per heavy atom. The number of rotatable bonds is 1. The second-order valence-electron chi connectivity index (χ2n) is 3.00. The van der Waals surface area contributed by atoms with Gasteiger partial charge in [-0.15, -0.1) is 0 Å². The first-order valence-corrected chi connectivity index (χ1v) is 4.06. The third-order valence-electron chi connectivity index (χ3n) is 2.33. The molecule has 1 aromatic heterocycles. The number of fused-ring (bicyclic) bond motifs is 1. The van der Waals surface area contributed by atoms with Crippen LogP contribution in [0.2, 0.25) is 0 Å². The molecule has 0 saturated heterocycles. The number of nitrogens with one attached hydrogen (secondary N) is 2. The predicted molar refractivity (Wildman–Crippen MR) is 45.0 cm³/mol. The summed E-state index contributed by atoms with van der Waals surface area (Å²) in [5, 5.41) is 3.18. The standard InChI is InChI=1S/C8H11N3O/c1-9-6-2-3-7-5(6)4-10-8(12)11-7/h4,6,9H,2-3H2,1H3,(H,10,11,12). The zero-order chi connectivity index (χ0) is 8.55. The maximum atomic E-state index is 10.8. The summed E-state index contributed by atoms with van der Waals surface area (Å²) in [5.74, 6) is 0. The van der Waals surface area contributed by atoms with Crippen molar-refractivity contribution in [2.75, 3.05) is 7.05 Å². The van der Waals surface area contributed by atoms with Crippen LogP contribution in [-0.2, 0) is 6.42 Å². The van der Waals surface area contributed by atoms with E-state index in [-0.39, 0.29) is 5.69 Å². The number of nitrogens with zero attached hydrogens (tertiary/aromatic N) is 1. The number of aryl methyl sites for hydroxylation is 1. The largest absolute Gasteiger partial charge is 0.345 e. The van der Waals surface area contributed by atoms with Crippen molar-refractivity contribution in [1.82, 2.24) is 15.3 Å². The highest BCUT2D eigenvalue weighted by Crippen LogP contribution is 2.27. The summed E-state index contributed by atoms with van der Waals surface area (Å²) >= 11 is 0. The second-order valence-corrected chi connectivity index (χ2v) is 3.00. The summed E-state index contributed by atoms with van der Waals surface area (Å²) in [6.07, 6.45) is 3.66. The van der Waals surface area contributed by atoms with Crippen LogP contribution in [0.5, 0.6) is 0 Å². The van der Waals surface area contributed by atoms with Gasteiger partial charge < -0.3 is 10.3 Å². The summed E-state index contributed by atoms with van der Waals surface area (Å²) < 4.78 is 0. The van der Waals surface area contributed by atoms with Crippen molar-refractivity contribution in [3.05, 3.63) is 27.9 Å². The van der Waals surface area contributed by atoms with Gasteiger partial charge >= 0.3 is 5.69 Å². The minimum absolute atomic E-state index is 0.245. The molecular formula is C8H11N3O. The van der Waals surface area contributed by atoms with E-state index in [1.165, 1.54) is 0 Å². The highest BCUT2D eigenvalue weighted by molar-refractivity contribution is 5.25. The van der Waals surface area contributed by atoms with Gasteiger partial charge in [-0.1, -0.05) is 0 Å². The first kappa shape index (κ1) is 7.49. The topological polar surface area (TPSA) is 57.8 Å². The van der Waals surface area contributed by atoms with Crippen LogP contribution in [0.15, 0.2) is 11.0 Å². The van der Waals surface area contributed by atoms with E-state index in [9.17, 15) is 4.79 Å². The van der Waals surface area contributed by atoms with Crippen molar-refractivity contribution in [1.29, 1.82) is 0 Å². The summed E-state index contributed by atoms with van der Waals surface area (Å²) in [7, 11) is 1.92. The Morgan fingerprint density at radius 1 is 1.75 bits per heavy atom. The Bertz CT molecular complexity index is 344. The van der Waals surface area contributed by atoms with Crippen LogP contribution in [0, 0.1) is 0 Å². The van der Waals surface area contributed by atoms with E-state index < -0.39 is 0 Å². The Hall–Kier alpha value is -1.16. The van der Waals surface area contributed by atoms with Gasteiger partial charge in [0, 0.05) is 23.5 Å². The fourth-order valence-electron chi connectivity index (χ4n) is 1.69. The van der Waals surface area contributed by atoms with Gasteiger partial charge in [-0.2, -0.15) is 0 Å². The Balaban J connectivity index is 2.47. The number of hydrogen-bond donors (Lipinski definition) is 2. The molecule has 0 amide bonds. The molecule has 0 aliphatic heterocycles. The first-order valence-electron chi connectivity index (χ1n) is 4.06. The third-order valence-corrected chi connectivity index (χ3v) is 2.33. The van der Waals surface area contributed by atoms with Gasteiger partial charge in [0.15, 0.2) is 0 Å². The van der Waals surface area contributed by atoms with Crippen LogP contribution < -0.4 is 11.0 Å². The van der Waals surface area contributed by atoms with Crippen LogP contribution in [0.1, 0.15) is 23.7 Å².